The van der Waals surface area contributed by atoms with Crippen molar-refractivity contribution in [2.24, 2.45) is 23.2 Å². The lowest BCUT2D eigenvalue weighted by molar-refractivity contribution is -0.252. The minimum atomic E-state index is -2.17. The zero-order chi connectivity index (χ0) is 30.3. The number of hydrogen-bond donors (Lipinski definition) is 2. The largest absolute Gasteiger partial charge is 0.462 e. The summed E-state index contributed by atoms with van der Waals surface area (Å²) in [5.74, 6) is -6.51. The Labute approximate surface area is 233 Å². The van der Waals surface area contributed by atoms with Crippen molar-refractivity contribution in [1.82, 2.24) is 0 Å². The minimum absolute atomic E-state index is 0.0573. The standard InChI is InChI=1S/C28H40O12/c1-12-9-23-28(35,14(3)26(34)40-23)25(39-18(7)32)24-13(2)19(33)10-21(37-16(5)30)27(24,8)22(38-17(6)31)11-20(12)36-15(4)29/h9,13-14,19-25,33,35H,10-11H2,1-8H3/b12-9-/t13-,14-,19-,20+,21-,22-,23-,24+,25+,27+,28-/m0/s1. The van der Waals surface area contributed by atoms with Crippen LogP contribution in [0, 0.1) is 23.2 Å². The summed E-state index contributed by atoms with van der Waals surface area (Å²) in [4.78, 5) is 62.3. The van der Waals surface area contributed by atoms with Gasteiger partial charge in [0, 0.05) is 51.9 Å². The molecule has 0 radical (unpaired) electrons. The Bertz CT molecular complexity index is 1080. The molecule has 224 valence electrons. The molecule has 1 saturated carbocycles. The number of hydrogen-bond acceptors (Lipinski definition) is 12. The summed E-state index contributed by atoms with van der Waals surface area (Å²) in [6.07, 6.45) is -5.86. The molecule has 12 nitrogen and oxygen atoms in total. The van der Waals surface area contributed by atoms with Gasteiger partial charge in [-0.15, -0.1) is 0 Å². The van der Waals surface area contributed by atoms with E-state index in [0.717, 1.165) is 6.92 Å². The van der Waals surface area contributed by atoms with Gasteiger partial charge in [-0.25, -0.2) is 0 Å². The highest BCUT2D eigenvalue weighted by atomic mass is 16.6. The van der Waals surface area contributed by atoms with Crippen LogP contribution in [0.3, 0.4) is 0 Å². The van der Waals surface area contributed by atoms with E-state index in [9.17, 15) is 34.2 Å². The van der Waals surface area contributed by atoms with Crippen LogP contribution < -0.4 is 0 Å². The molecule has 2 fully saturated rings. The number of esters is 5. The first-order chi connectivity index (χ1) is 18.4. The maximum absolute atomic E-state index is 12.9. The molecule has 0 aromatic carbocycles. The van der Waals surface area contributed by atoms with Crippen molar-refractivity contribution in [1.29, 1.82) is 0 Å². The second kappa shape index (κ2) is 11.5. The third-order valence-electron chi connectivity index (χ3n) is 8.83. The topological polar surface area (TPSA) is 172 Å². The molecular formula is C28H40O12. The zero-order valence-corrected chi connectivity index (χ0v) is 24.2. The van der Waals surface area contributed by atoms with Crippen molar-refractivity contribution < 1.29 is 57.9 Å². The van der Waals surface area contributed by atoms with Crippen LogP contribution >= 0.6 is 0 Å². The summed E-state index contributed by atoms with van der Waals surface area (Å²) in [7, 11) is 0. The second-order valence-corrected chi connectivity index (χ2v) is 11.5. The molecular weight excluding hydrogens is 528 g/mol. The average Bonchev–Trinajstić information content (AvgIpc) is 3.03. The van der Waals surface area contributed by atoms with Crippen molar-refractivity contribution in [2.75, 3.05) is 0 Å². The Hall–Kier alpha value is -2.99. The Morgan fingerprint density at radius 1 is 0.900 bits per heavy atom. The molecule has 0 bridgehead atoms. The van der Waals surface area contributed by atoms with Gasteiger partial charge in [-0.1, -0.05) is 13.8 Å². The van der Waals surface area contributed by atoms with E-state index in [-0.39, 0.29) is 12.8 Å². The Kier molecular flexibility index (Phi) is 9.05. The molecule has 40 heavy (non-hydrogen) atoms. The molecule has 0 unspecified atom stereocenters. The van der Waals surface area contributed by atoms with E-state index in [4.69, 9.17) is 23.7 Å². The van der Waals surface area contributed by atoms with E-state index in [2.05, 4.69) is 0 Å². The van der Waals surface area contributed by atoms with E-state index in [0.29, 0.717) is 5.57 Å². The molecule has 12 heteroatoms. The van der Waals surface area contributed by atoms with Crippen LogP contribution in [0.2, 0.25) is 0 Å². The maximum atomic E-state index is 12.9. The highest BCUT2D eigenvalue weighted by molar-refractivity contribution is 5.78. The normalized spacial score (nSPS) is 42.6. The van der Waals surface area contributed by atoms with Gasteiger partial charge in [0.1, 0.15) is 24.4 Å². The molecule has 0 amide bonds. The first-order valence-electron chi connectivity index (χ1n) is 13.4. The van der Waals surface area contributed by atoms with Gasteiger partial charge in [0.2, 0.25) is 0 Å². The van der Waals surface area contributed by atoms with E-state index in [1.54, 1.807) is 20.8 Å². The number of aliphatic hydroxyl groups excluding tert-OH is 1. The third kappa shape index (κ3) is 5.60. The fourth-order valence-corrected chi connectivity index (χ4v) is 6.77. The van der Waals surface area contributed by atoms with Gasteiger partial charge < -0.3 is 33.9 Å². The smallest absolute Gasteiger partial charge is 0.312 e. The van der Waals surface area contributed by atoms with Crippen molar-refractivity contribution in [3.8, 4) is 0 Å². The van der Waals surface area contributed by atoms with Crippen molar-refractivity contribution in [2.45, 2.75) is 110 Å². The summed E-state index contributed by atoms with van der Waals surface area (Å²) in [6.45, 7) is 11.1. The molecule has 2 aliphatic carbocycles. The van der Waals surface area contributed by atoms with Gasteiger partial charge in [0.15, 0.2) is 11.7 Å². The van der Waals surface area contributed by atoms with Crippen LogP contribution in [0.5, 0.6) is 0 Å². The fourth-order valence-electron chi connectivity index (χ4n) is 6.77. The van der Waals surface area contributed by atoms with Crippen molar-refractivity contribution in [3.63, 3.8) is 0 Å². The molecule has 1 saturated heterocycles. The summed E-state index contributed by atoms with van der Waals surface area (Å²) in [5.41, 5.74) is -3.21. The van der Waals surface area contributed by atoms with Gasteiger partial charge in [-0.2, -0.15) is 0 Å². The quantitative estimate of drug-likeness (QED) is 0.284. The predicted molar refractivity (Wildman–Crippen MR) is 136 cm³/mol. The van der Waals surface area contributed by atoms with E-state index < -0.39 is 95.2 Å². The number of fused-ring (bicyclic) bond motifs is 2. The lowest BCUT2D eigenvalue weighted by Gasteiger charge is -2.58. The molecule has 2 N–H and O–H groups in total. The second-order valence-electron chi connectivity index (χ2n) is 11.5. The van der Waals surface area contributed by atoms with E-state index in [1.165, 1.54) is 33.8 Å². The molecule has 0 aromatic heterocycles. The lowest BCUT2D eigenvalue weighted by Crippen LogP contribution is -2.69. The summed E-state index contributed by atoms with van der Waals surface area (Å²) >= 11 is 0. The summed E-state index contributed by atoms with van der Waals surface area (Å²) in [5, 5.41) is 23.6. The van der Waals surface area contributed by atoms with Crippen LogP contribution in [-0.2, 0) is 47.7 Å². The van der Waals surface area contributed by atoms with Gasteiger partial charge >= 0.3 is 29.8 Å². The number of rotatable bonds is 4. The van der Waals surface area contributed by atoms with Crippen molar-refractivity contribution >= 4 is 29.8 Å². The Morgan fingerprint density at radius 2 is 1.40 bits per heavy atom. The number of carbonyl (C=O) groups excluding carboxylic acids is 5. The lowest BCUT2D eigenvalue weighted by atomic mass is 9.52. The Morgan fingerprint density at radius 3 is 1.90 bits per heavy atom. The molecule has 11 atom stereocenters. The number of carbonyl (C=O) groups is 5. The van der Waals surface area contributed by atoms with Gasteiger partial charge in [-0.05, 0) is 31.4 Å². The zero-order valence-electron chi connectivity index (χ0n) is 24.2. The van der Waals surface area contributed by atoms with Gasteiger partial charge in [0.05, 0.1) is 12.0 Å². The minimum Gasteiger partial charge on any atom is -0.462 e. The van der Waals surface area contributed by atoms with Crippen LogP contribution in [0.1, 0.15) is 68.2 Å². The average molecular weight is 569 g/mol. The summed E-state index contributed by atoms with van der Waals surface area (Å²) in [6, 6.07) is 0. The van der Waals surface area contributed by atoms with Crippen LogP contribution in [0.15, 0.2) is 11.6 Å². The number of aliphatic hydroxyl groups is 2. The molecule has 0 aromatic rings. The van der Waals surface area contributed by atoms with E-state index in [1.807, 2.05) is 0 Å². The first kappa shape index (κ1) is 31.5. The van der Waals surface area contributed by atoms with Gasteiger partial charge in [-0.3, -0.25) is 24.0 Å². The van der Waals surface area contributed by atoms with E-state index >= 15 is 0 Å². The van der Waals surface area contributed by atoms with Gasteiger partial charge in [0.25, 0.3) is 0 Å². The molecule has 3 aliphatic rings. The highest BCUT2D eigenvalue weighted by Crippen LogP contribution is 2.56. The van der Waals surface area contributed by atoms with Crippen molar-refractivity contribution in [3.05, 3.63) is 11.6 Å². The molecule has 1 aliphatic heterocycles. The highest BCUT2D eigenvalue weighted by Gasteiger charge is 2.69. The van der Waals surface area contributed by atoms with Crippen LogP contribution in [-0.4, -0.2) is 82.3 Å². The van der Waals surface area contributed by atoms with Crippen LogP contribution in [0.4, 0.5) is 0 Å². The predicted octanol–water partition coefficient (Wildman–Crippen LogP) is 1.38. The SMILES string of the molecule is CC(=O)O[C@H]1C[C@@H](OC(C)=O)/C(C)=C\[C@@H]2OC(=O)[C@H](C)[C@@]2(O)[C@H](OC(C)=O)[C@H]2[C@@H](C)[C@@H](O)C[C@H](OC(C)=O)[C@@]21C. The Balaban J connectivity index is 2.44. The molecule has 0 spiro atoms. The number of ether oxygens (including phenoxy) is 5. The molecule has 3 rings (SSSR count). The summed E-state index contributed by atoms with van der Waals surface area (Å²) < 4.78 is 28.6. The fraction of sp³-hybridized carbons (Fsp3) is 0.750. The monoisotopic (exact) mass is 568 g/mol. The first-order valence-corrected chi connectivity index (χ1v) is 13.4. The molecule has 1 heterocycles. The maximum Gasteiger partial charge on any atom is 0.312 e. The third-order valence-corrected chi connectivity index (χ3v) is 8.83. The van der Waals surface area contributed by atoms with Crippen LogP contribution in [0.25, 0.3) is 0 Å².